The standard InChI is InChI=1S/C41H24N2/c1-42-28-21-22-43-39(24-28)27-12-10-11-26(23-27)34-25-38-40(32-16-3-2-13-29(32)34)33-17-6-9-20-37(33)41(38)35-18-7-4-14-30(35)31-15-5-8-19-36(31)41/h2-25H. The fraction of sp³-hybridized carbons (Fsp3) is 0.0244. The molecule has 9 rings (SSSR count). The highest BCUT2D eigenvalue weighted by Gasteiger charge is 2.52. The fourth-order valence-corrected chi connectivity index (χ4v) is 7.68. The second-order valence-electron chi connectivity index (χ2n) is 11.4. The number of rotatable bonds is 2. The van der Waals surface area contributed by atoms with Crippen LogP contribution in [-0.4, -0.2) is 4.98 Å². The summed E-state index contributed by atoms with van der Waals surface area (Å²) in [6.07, 6.45) is 1.72. The Kier molecular flexibility index (Phi) is 4.92. The topological polar surface area (TPSA) is 17.2 Å². The van der Waals surface area contributed by atoms with Crippen molar-refractivity contribution in [2.75, 3.05) is 0 Å². The maximum atomic E-state index is 7.48. The molecule has 0 atom stereocenters. The summed E-state index contributed by atoms with van der Waals surface area (Å²) in [6, 6.07) is 50.4. The molecule has 0 bridgehead atoms. The number of hydrogen-bond donors (Lipinski definition) is 0. The first-order valence-electron chi connectivity index (χ1n) is 14.6. The average Bonchev–Trinajstić information content (AvgIpc) is 3.55. The van der Waals surface area contributed by atoms with E-state index in [1.54, 1.807) is 12.3 Å². The lowest BCUT2D eigenvalue weighted by atomic mass is 9.70. The van der Waals surface area contributed by atoms with Gasteiger partial charge in [-0.1, -0.05) is 115 Å². The molecule has 1 heterocycles. The van der Waals surface area contributed by atoms with Gasteiger partial charge in [0.2, 0.25) is 0 Å². The first kappa shape index (κ1) is 23.9. The van der Waals surface area contributed by atoms with Gasteiger partial charge in [0, 0.05) is 6.20 Å². The largest absolute Gasteiger partial charge is 0.259 e. The van der Waals surface area contributed by atoms with Crippen molar-refractivity contribution in [3.8, 4) is 44.6 Å². The van der Waals surface area contributed by atoms with Crippen LogP contribution in [0.5, 0.6) is 0 Å². The molecule has 2 aliphatic rings. The van der Waals surface area contributed by atoms with Crippen LogP contribution >= 0.6 is 0 Å². The molecule has 7 aromatic rings. The monoisotopic (exact) mass is 544 g/mol. The number of hydrogen-bond acceptors (Lipinski definition) is 1. The van der Waals surface area contributed by atoms with Crippen LogP contribution in [0.2, 0.25) is 0 Å². The summed E-state index contributed by atoms with van der Waals surface area (Å²) in [7, 11) is 0. The van der Waals surface area contributed by atoms with E-state index >= 15 is 0 Å². The van der Waals surface area contributed by atoms with Crippen LogP contribution in [-0.2, 0) is 5.41 Å². The Morgan fingerprint density at radius 2 is 1.09 bits per heavy atom. The summed E-state index contributed by atoms with van der Waals surface area (Å²) >= 11 is 0. The van der Waals surface area contributed by atoms with E-state index in [-0.39, 0.29) is 0 Å². The predicted molar refractivity (Wildman–Crippen MR) is 175 cm³/mol. The Morgan fingerprint density at radius 1 is 0.488 bits per heavy atom. The normalized spacial score (nSPS) is 13.3. The molecule has 1 spiro atoms. The van der Waals surface area contributed by atoms with Crippen molar-refractivity contribution in [3.63, 3.8) is 0 Å². The first-order chi connectivity index (χ1) is 21.3. The van der Waals surface area contributed by atoms with Gasteiger partial charge in [0.25, 0.3) is 0 Å². The van der Waals surface area contributed by atoms with Crippen LogP contribution in [0, 0.1) is 6.57 Å². The summed E-state index contributed by atoms with van der Waals surface area (Å²) in [5.74, 6) is 0. The van der Waals surface area contributed by atoms with Crippen molar-refractivity contribution >= 4 is 16.5 Å². The van der Waals surface area contributed by atoms with Gasteiger partial charge in [0.05, 0.1) is 17.7 Å². The molecule has 2 aliphatic carbocycles. The number of nitrogens with zero attached hydrogens (tertiary/aromatic N) is 2. The zero-order chi connectivity index (χ0) is 28.5. The Hall–Kier alpha value is -5.78. The van der Waals surface area contributed by atoms with Gasteiger partial charge >= 0.3 is 0 Å². The molecule has 2 nitrogen and oxygen atoms in total. The molecule has 0 fully saturated rings. The lowest BCUT2D eigenvalue weighted by molar-refractivity contribution is 0.794. The lowest BCUT2D eigenvalue weighted by Crippen LogP contribution is -2.25. The molecule has 0 radical (unpaired) electrons. The SMILES string of the molecule is [C-]#[N+]c1ccnc(-c2cccc(-c3cc4c(c5ccccc35)-c3ccccc3C43c4ccccc4-c4ccccc43)c2)c1. The Bertz CT molecular complexity index is 2280. The van der Waals surface area contributed by atoms with Crippen LogP contribution in [0.15, 0.2) is 146 Å². The van der Waals surface area contributed by atoms with E-state index < -0.39 is 5.41 Å². The van der Waals surface area contributed by atoms with Crippen molar-refractivity contribution in [1.82, 2.24) is 4.98 Å². The molecular formula is C41H24N2. The van der Waals surface area contributed by atoms with Gasteiger partial charge in [-0.25, -0.2) is 4.85 Å². The number of benzene rings is 6. The van der Waals surface area contributed by atoms with Crippen LogP contribution < -0.4 is 0 Å². The molecule has 198 valence electrons. The first-order valence-corrected chi connectivity index (χ1v) is 14.6. The van der Waals surface area contributed by atoms with Crippen molar-refractivity contribution in [1.29, 1.82) is 0 Å². The number of aromatic nitrogens is 1. The smallest absolute Gasteiger partial charge is 0.190 e. The predicted octanol–water partition coefficient (Wildman–Crippen LogP) is 10.5. The van der Waals surface area contributed by atoms with Crippen LogP contribution in [0.4, 0.5) is 5.69 Å². The van der Waals surface area contributed by atoms with E-state index in [0.717, 1.165) is 16.8 Å². The summed E-state index contributed by atoms with van der Waals surface area (Å²) in [5.41, 5.74) is 15.0. The van der Waals surface area contributed by atoms with E-state index in [1.165, 1.54) is 60.8 Å². The van der Waals surface area contributed by atoms with Gasteiger partial charge in [-0.3, -0.25) is 4.98 Å². The molecule has 0 N–H and O–H groups in total. The molecule has 0 saturated carbocycles. The number of fused-ring (bicyclic) bond motifs is 12. The minimum Gasteiger partial charge on any atom is -0.259 e. The molecule has 1 aromatic heterocycles. The minimum absolute atomic E-state index is 0.402. The van der Waals surface area contributed by atoms with Gasteiger partial charge in [0.1, 0.15) is 0 Å². The van der Waals surface area contributed by atoms with E-state index in [4.69, 9.17) is 6.57 Å². The van der Waals surface area contributed by atoms with E-state index in [9.17, 15) is 0 Å². The zero-order valence-corrected chi connectivity index (χ0v) is 23.3. The highest BCUT2D eigenvalue weighted by Crippen LogP contribution is 2.64. The third kappa shape index (κ3) is 3.14. The Labute approximate surface area is 250 Å². The van der Waals surface area contributed by atoms with Crippen molar-refractivity contribution < 1.29 is 0 Å². The maximum absolute atomic E-state index is 7.48. The molecule has 0 saturated heterocycles. The van der Waals surface area contributed by atoms with E-state index in [2.05, 4.69) is 137 Å². The highest BCUT2D eigenvalue weighted by molar-refractivity contribution is 6.11. The third-order valence-electron chi connectivity index (χ3n) is 9.34. The lowest BCUT2D eigenvalue weighted by Gasteiger charge is -2.31. The van der Waals surface area contributed by atoms with Crippen LogP contribution in [0.25, 0.3) is 60.3 Å². The molecule has 0 aliphatic heterocycles. The quantitative estimate of drug-likeness (QED) is 0.198. The van der Waals surface area contributed by atoms with Crippen LogP contribution in [0.1, 0.15) is 22.3 Å². The maximum Gasteiger partial charge on any atom is 0.190 e. The van der Waals surface area contributed by atoms with Gasteiger partial charge < -0.3 is 0 Å². The molecule has 2 heteroatoms. The number of pyridine rings is 1. The van der Waals surface area contributed by atoms with Crippen molar-refractivity contribution in [2.24, 2.45) is 0 Å². The van der Waals surface area contributed by atoms with E-state index in [0.29, 0.717) is 5.69 Å². The average molecular weight is 545 g/mol. The molecule has 0 amide bonds. The molecule has 6 aromatic carbocycles. The zero-order valence-electron chi connectivity index (χ0n) is 23.3. The molecular weight excluding hydrogens is 520 g/mol. The van der Waals surface area contributed by atoms with E-state index in [1.807, 2.05) is 6.07 Å². The molecule has 0 unspecified atom stereocenters. The summed E-state index contributed by atoms with van der Waals surface area (Å²) in [5, 5.41) is 2.49. The second kappa shape index (κ2) is 8.86. The van der Waals surface area contributed by atoms with Gasteiger partial charge in [-0.15, -0.1) is 0 Å². The minimum atomic E-state index is -0.402. The summed E-state index contributed by atoms with van der Waals surface area (Å²) < 4.78 is 0. The van der Waals surface area contributed by atoms with Crippen molar-refractivity contribution in [3.05, 3.63) is 179 Å². The Morgan fingerprint density at radius 3 is 1.81 bits per heavy atom. The molecule has 43 heavy (non-hydrogen) atoms. The summed E-state index contributed by atoms with van der Waals surface area (Å²) in [6.45, 7) is 7.48. The fourth-order valence-electron chi connectivity index (χ4n) is 7.68. The Balaban J connectivity index is 1.40. The summed E-state index contributed by atoms with van der Waals surface area (Å²) in [4.78, 5) is 8.23. The van der Waals surface area contributed by atoms with Crippen LogP contribution in [0.3, 0.4) is 0 Å². The second-order valence-corrected chi connectivity index (χ2v) is 11.4. The van der Waals surface area contributed by atoms with Gasteiger partial charge in [-0.05, 0) is 96.2 Å². The van der Waals surface area contributed by atoms with Gasteiger partial charge in [0.15, 0.2) is 5.69 Å². The third-order valence-corrected chi connectivity index (χ3v) is 9.34. The highest BCUT2D eigenvalue weighted by atomic mass is 14.7. The van der Waals surface area contributed by atoms with Crippen molar-refractivity contribution in [2.45, 2.75) is 5.41 Å². The van der Waals surface area contributed by atoms with Gasteiger partial charge in [-0.2, -0.15) is 0 Å².